The van der Waals surface area contributed by atoms with Crippen molar-refractivity contribution in [2.45, 2.75) is 25.5 Å². The smallest absolute Gasteiger partial charge is 0.329 e. The first-order valence-corrected chi connectivity index (χ1v) is 7.51. The lowest BCUT2D eigenvalue weighted by Gasteiger charge is -2.25. The fraction of sp³-hybridized carbons (Fsp3) is 0.278. The molecule has 1 N–H and O–H groups in total. The SMILES string of the molecule is O=C(OCc1ccccc1)[C@@H]1CCCN1c1ccccc1O. The number of aromatic hydroxyl groups is 1. The molecule has 0 unspecified atom stereocenters. The van der Waals surface area contributed by atoms with Crippen LogP contribution < -0.4 is 4.90 Å². The summed E-state index contributed by atoms with van der Waals surface area (Å²) < 4.78 is 5.44. The highest BCUT2D eigenvalue weighted by molar-refractivity contribution is 5.81. The molecule has 1 fully saturated rings. The van der Waals surface area contributed by atoms with Crippen molar-refractivity contribution in [3.05, 3.63) is 60.2 Å². The minimum Gasteiger partial charge on any atom is -0.506 e. The molecular formula is C18H19NO3. The van der Waals surface area contributed by atoms with E-state index >= 15 is 0 Å². The molecule has 0 radical (unpaired) electrons. The maximum atomic E-state index is 12.4. The normalized spacial score (nSPS) is 17.5. The maximum absolute atomic E-state index is 12.4. The summed E-state index contributed by atoms with van der Waals surface area (Å²) in [6, 6.07) is 16.4. The summed E-state index contributed by atoms with van der Waals surface area (Å²) in [5, 5.41) is 9.98. The summed E-state index contributed by atoms with van der Waals surface area (Å²) in [5.41, 5.74) is 1.67. The van der Waals surface area contributed by atoms with E-state index in [1.807, 2.05) is 47.4 Å². The zero-order valence-corrected chi connectivity index (χ0v) is 12.3. The standard InChI is InChI=1S/C18H19NO3/c20-17-11-5-4-9-15(17)19-12-6-10-16(19)18(21)22-13-14-7-2-1-3-8-14/h1-5,7-9,11,16,20H,6,10,12-13H2/t16-/m0/s1. The number of carbonyl (C=O) groups excluding carboxylic acids is 1. The maximum Gasteiger partial charge on any atom is 0.329 e. The highest BCUT2D eigenvalue weighted by Crippen LogP contribution is 2.33. The van der Waals surface area contributed by atoms with Crippen molar-refractivity contribution in [2.24, 2.45) is 0 Å². The molecule has 0 spiro atoms. The second kappa shape index (κ2) is 6.52. The van der Waals surface area contributed by atoms with Gasteiger partial charge in [-0.05, 0) is 30.5 Å². The number of carbonyl (C=O) groups is 1. The van der Waals surface area contributed by atoms with E-state index in [2.05, 4.69) is 0 Å². The van der Waals surface area contributed by atoms with E-state index in [1.165, 1.54) is 0 Å². The molecule has 4 nitrogen and oxygen atoms in total. The largest absolute Gasteiger partial charge is 0.506 e. The highest BCUT2D eigenvalue weighted by atomic mass is 16.5. The number of rotatable bonds is 4. The van der Waals surface area contributed by atoms with Gasteiger partial charge in [-0.2, -0.15) is 0 Å². The van der Waals surface area contributed by atoms with Crippen molar-refractivity contribution < 1.29 is 14.6 Å². The Morgan fingerprint density at radius 3 is 2.64 bits per heavy atom. The van der Waals surface area contributed by atoms with E-state index in [9.17, 15) is 9.90 Å². The second-order valence-electron chi connectivity index (χ2n) is 5.43. The molecule has 114 valence electrons. The Balaban J connectivity index is 1.68. The quantitative estimate of drug-likeness (QED) is 0.881. The van der Waals surface area contributed by atoms with E-state index in [1.54, 1.807) is 12.1 Å². The molecular weight excluding hydrogens is 278 g/mol. The number of nitrogens with zero attached hydrogens (tertiary/aromatic N) is 1. The van der Waals surface area contributed by atoms with Crippen molar-refractivity contribution in [1.82, 2.24) is 0 Å². The third-order valence-electron chi connectivity index (χ3n) is 3.94. The van der Waals surface area contributed by atoms with Gasteiger partial charge in [0.2, 0.25) is 0 Å². The van der Waals surface area contributed by atoms with Gasteiger partial charge in [0.15, 0.2) is 0 Å². The second-order valence-corrected chi connectivity index (χ2v) is 5.43. The summed E-state index contributed by atoms with van der Waals surface area (Å²) >= 11 is 0. The number of ether oxygens (including phenoxy) is 1. The Kier molecular flexibility index (Phi) is 4.28. The Hall–Kier alpha value is -2.49. The molecule has 0 amide bonds. The number of para-hydroxylation sites is 2. The third kappa shape index (κ3) is 3.06. The molecule has 22 heavy (non-hydrogen) atoms. The van der Waals surface area contributed by atoms with Crippen LogP contribution >= 0.6 is 0 Å². The minimum atomic E-state index is -0.322. The molecule has 1 saturated heterocycles. The molecule has 2 aromatic rings. The first kappa shape index (κ1) is 14.4. The highest BCUT2D eigenvalue weighted by Gasteiger charge is 2.33. The molecule has 0 saturated carbocycles. The van der Waals surface area contributed by atoms with Gasteiger partial charge in [-0.3, -0.25) is 0 Å². The average molecular weight is 297 g/mol. The first-order valence-electron chi connectivity index (χ1n) is 7.51. The van der Waals surface area contributed by atoms with E-state index in [0.717, 1.165) is 24.9 Å². The van der Waals surface area contributed by atoms with Crippen LogP contribution in [0.2, 0.25) is 0 Å². The van der Waals surface area contributed by atoms with Crippen molar-refractivity contribution in [3.63, 3.8) is 0 Å². The van der Waals surface area contributed by atoms with Crippen molar-refractivity contribution in [2.75, 3.05) is 11.4 Å². The number of benzene rings is 2. The number of hydrogen-bond acceptors (Lipinski definition) is 4. The lowest BCUT2D eigenvalue weighted by molar-refractivity contribution is -0.146. The zero-order chi connectivity index (χ0) is 15.4. The number of phenolic OH excluding ortho intramolecular Hbond substituents is 1. The van der Waals surface area contributed by atoms with E-state index in [0.29, 0.717) is 5.69 Å². The molecule has 1 aliphatic heterocycles. The summed E-state index contributed by atoms with van der Waals surface area (Å²) in [7, 11) is 0. The van der Waals surface area contributed by atoms with Gasteiger partial charge >= 0.3 is 5.97 Å². The van der Waals surface area contributed by atoms with Gasteiger partial charge in [-0.15, -0.1) is 0 Å². The molecule has 0 aliphatic carbocycles. The van der Waals surface area contributed by atoms with Gasteiger partial charge in [-0.25, -0.2) is 4.79 Å². The number of anilines is 1. The number of esters is 1. The molecule has 4 heteroatoms. The van der Waals surface area contributed by atoms with E-state index < -0.39 is 0 Å². The van der Waals surface area contributed by atoms with Crippen LogP contribution in [-0.2, 0) is 16.1 Å². The van der Waals surface area contributed by atoms with Gasteiger partial charge in [0.05, 0.1) is 5.69 Å². The zero-order valence-electron chi connectivity index (χ0n) is 12.3. The van der Waals surface area contributed by atoms with Gasteiger partial charge in [0.25, 0.3) is 0 Å². The predicted octanol–water partition coefficient (Wildman–Crippen LogP) is 3.10. The topological polar surface area (TPSA) is 49.8 Å². The lowest BCUT2D eigenvalue weighted by Crippen LogP contribution is -2.37. The van der Waals surface area contributed by atoms with E-state index in [-0.39, 0.29) is 24.4 Å². The van der Waals surface area contributed by atoms with Gasteiger partial charge < -0.3 is 14.7 Å². The lowest BCUT2D eigenvalue weighted by atomic mass is 10.2. The van der Waals surface area contributed by atoms with Crippen LogP contribution in [0.1, 0.15) is 18.4 Å². The summed E-state index contributed by atoms with van der Waals surface area (Å²) in [6.07, 6.45) is 1.67. The van der Waals surface area contributed by atoms with Crippen LogP contribution in [0.25, 0.3) is 0 Å². The summed E-state index contributed by atoms with van der Waals surface area (Å²) in [4.78, 5) is 14.3. The molecule has 0 aromatic heterocycles. The van der Waals surface area contributed by atoms with Crippen molar-refractivity contribution >= 4 is 11.7 Å². The summed E-state index contributed by atoms with van der Waals surface area (Å²) in [6.45, 7) is 1.04. The Morgan fingerprint density at radius 2 is 1.86 bits per heavy atom. The fourth-order valence-corrected chi connectivity index (χ4v) is 2.83. The number of phenols is 1. The van der Waals surface area contributed by atoms with Crippen LogP contribution in [0, 0.1) is 0 Å². The van der Waals surface area contributed by atoms with E-state index in [4.69, 9.17) is 4.74 Å². The molecule has 1 aliphatic rings. The number of hydrogen-bond donors (Lipinski definition) is 1. The Morgan fingerprint density at radius 1 is 1.14 bits per heavy atom. The predicted molar refractivity (Wildman–Crippen MR) is 84.7 cm³/mol. The fourth-order valence-electron chi connectivity index (χ4n) is 2.83. The van der Waals surface area contributed by atoms with Gasteiger partial charge in [-0.1, -0.05) is 42.5 Å². The minimum absolute atomic E-state index is 0.199. The molecule has 0 bridgehead atoms. The first-order chi connectivity index (χ1) is 10.8. The molecule has 2 aromatic carbocycles. The van der Waals surface area contributed by atoms with Crippen molar-refractivity contribution in [3.8, 4) is 5.75 Å². The molecule has 3 rings (SSSR count). The Bertz CT molecular complexity index is 642. The average Bonchev–Trinajstić information content (AvgIpc) is 3.03. The van der Waals surface area contributed by atoms with Crippen LogP contribution in [-0.4, -0.2) is 23.7 Å². The monoisotopic (exact) mass is 297 g/mol. The van der Waals surface area contributed by atoms with Gasteiger partial charge in [0.1, 0.15) is 18.4 Å². The molecule has 1 atom stereocenters. The Labute approximate surface area is 130 Å². The van der Waals surface area contributed by atoms with Crippen LogP contribution in [0.4, 0.5) is 5.69 Å². The van der Waals surface area contributed by atoms with Gasteiger partial charge in [0, 0.05) is 6.54 Å². The van der Waals surface area contributed by atoms with Crippen molar-refractivity contribution in [1.29, 1.82) is 0 Å². The van der Waals surface area contributed by atoms with Crippen LogP contribution in [0.15, 0.2) is 54.6 Å². The molecule has 1 heterocycles. The summed E-state index contributed by atoms with van der Waals surface area (Å²) in [5.74, 6) is -0.0325. The van der Waals surface area contributed by atoms with Crippen LogP contribution in [0.3, 0.4) is 0 Å². The third-order valence-corrected chi connectivity index (χ3v) is 3.94. The van der Waals surface area contributed by atoms with Crippen LogP contribution in [0.5, 0.6) is 5.75 Å².